The Morgan fingerprint density at radius 2 is 2.00 bits per heavy atom. The van der Waals surface area contributed by atoms with Crippen molar-refractivity contribution in [3.8, 4) is 0 Å². The van der Waals surface area contributed by atoms with E-state index in [-0.39, 0.29) is 17.5 Å². The molecular formula is C11H18F3N3O2S. The van der Waals surface area contributed by atoms with Gasteiger partial charge in [-0.05, 0) is 5.92 Å². The Labute approximate surface area is 116 Å². The van der Waals surface area contributed by atoms with Crippen molar-refractivity contribution >= 4 is 10.0 Å². The van der Waals surface area contributed by atoms with Crippen molar-refractivity contribution in [2.75, 3.05) is 13.1 Å². The minimum Gasteiger partial charge on any atom is -0.332 e. The number of nitrogens with zero attached hydrogens (tertiary/aromatic N) is 2. The van der Waals surface area contributed by atoms with Gasteiger partial charge >= 0.3 is 6.18 Å². The van der Waals surface area contributed by atoms with Crippen LogP contribution in [-0.4, -0.2) is 42.0 Å². The second-order valence-corrected chi connectivity index (χ2v) is 6.76. The van der Waals surface area contributed by atoms with E-state index in [2.05, 4.69) is 9.97 Å². The first-order valence-corrected chi connectivity index (χ1v) is 7.61. The van der Waals surface area contributed by atoms with Gasteiger partial charge in [0.15, 0.2) is 5.03 Å². The van der Waals surface area contributed by atoms with Crippen molar-refractivity contribution in [3.63, 3.8) is 0 Å². The third-order valence-corrected chi connectivity index (χ3v) is 4.20. The predicted molar refractivity (Wildman–Crippen MR) is 67.6 cm³/mol. The molecule has 0 aromatic carbocycles. The Kier molecular flexibility index (Phi) is 5.20. The van der Waals surface area contributed by atoms with Gasteiger partial charge in [0.25, 0.3) is 10.0 Å². The quantitative estimate of drug-likeness (QED) is 0.875. The van der Waals surface area contributed by atoms with E-state index in [0.29, 0.717) is 16.6 Å². The molecule has 0 saturated heterocycles. The highest BCUT2D eigenvalue weighted by molar-refractivity contribution is 7.89. The van der Waals surface area contributed by atoms with Crippen LogP contribution in [-0.2, 0) is 16.4 Å². The normalized spacial score (nSPS) is 13.4. The molecule has 0 aliphatic rings. The maximum absolute atomic E-state index is 12.5. The number of halogens is 3. The minimum atomic E-state index is -4.59. The van der Waals surface area contributed by atoms with Crippen molar-refractivity contribution in [3.05, 3.63) is 12.0 Å². The van der Waals surface area contributed by atoms with Crippen LogP contribution in [0, 0.1) is 5.92 Å². The number of rotatable bonds is 6. The molecule has 116 valence electrons. The SMILES string of the molecule is CCc1ncc(S(=O)(=O)N(CC(C)C)CC(F)(F)F)[nH]1. The monoisotopic (exact) mass is 313 g/mol. The lowest BCUT2D eigenvalue weighted by Gasteiger charge is -2.24. The van der Waals surface area contributed by atoms with Gasteiger partial charge in [-0.1, -0.05) is 20.8 Å². The van der Waals surface area contributed by atoms with E-state index in [0.717, 1.165) is 6.20 Å². The molecule has 0 spiro atoms. The van der Waals surface area contributed by atoms with Crippen LogP contribution in [0.3, 0.4) is 0 Å². The molecule has 0 atom stereocenters. The summed E-state index contributed by atoms with van der Waals surface area (Å²) >= 11 is 0. The number of aryl methyl sites for hydroxylation is 1. The second kappa shape index (κ2) is 6.13. The molecule has 1 N–H and O–H groups in total. The summed E-state index contributed by atoms with van der Waals surface area (Å²) in [7, 11) is -4.22. The number of hydrogen-bond donors (Lipinski definition) is 1. The first-order chi connectivity index (χ1) is 9.06. The van der Waals surface area contributed by atoms with Crippen LogP contribution < -0.4 is 0 Å². The van der Waals surface area contributed by atoms with E-state index in [1.165, 1.54) is 0 Å². The van der Waals surface area contributed by atoms with Crippen LogP contribution in [0.15, 0.2) is 11.2 Å². The van der Waals surface area contributed by atoms with Crippen LogP contribution in [0.2, 0.25) is 0 Å². The molecule has 1 aromatic heterocycles. The zero-order chi connectivity index (χ0) is 15.6. The van der Waals surface area contributed by atoms with E-state index >= 15 is 0 Å². The van der Waals surface area contributed by atoms with Crippen LogP contribution in [0.5, 0.6) is 0 Å². The van der Waals surface area contributed by atoms with Crippen LogP contribution >= 0.6 is 0 Å². The maximum Gasteiger partial charge on any atom is 0.402 e. The van der Waals surface area contributed by atoms with E-state index in [1.807, 2.05) is 0 Å². The fourth-order valence-electron chi connectivity index (χ4n) is 1.65. The number of aromatic amines is 1. The number of nitrogens with one attached hydrogen (secondary N) is 1. The standard InChI is InChI=1S/C11H18F3N3O2S/c1-4-9-15-5-10(16-9)20(18,19)17(6-8(2)3)7-11(12,13)14/h5,8H,4,6-7H2,1-3H3,(H,15,16). The molecule has 0 unspecified atom stereocenters. The summed E-state index contributed by atoms with van der Waals surface area (Å²) in [5.41, 5.74) is 0. The second-order valence-electron chi connectivity index (χ2n) is 4.85. The zero-order valence-corrected chi connectivity index (χ0v) is 12.3. The first kappa shape index (κ1) is 17.0. The summed E-state index contributed by atoms with van der Waals surface area (Å²) < 4.78 is 62.5. The van der Waals surface area contributed by atoms with Gasteiger partial charge < -0.3 is 4.98 Å². The summed E-state index contributed by atoms with van der Waals surface area (Å²) in [4.78, 5) is 6.35. The van der Waals surface area contributed by atoms with E-state index in [4.69, 9.17) is 0 Å². The number of aromatic nitrogens is 2. The summed E-state index contributed by atoms with van der Waals surface area (Å²) in [6.45, 7) is 3.36. The molecule has 1 aromatic rings. The van der Waals surface area contributed by atoms with E-state index < -0.39 is 22.7 Å². The molecule has 0 amide bonds. The van der Waals surface area contributed by atoms with Gasteiger partial charge in [0.1, 0.15) is 12.4 Å². The Bertz CT molecular complexity index is 537. The van der Waals surface area contributed by atoms with Gasteiger partial charge in [-0.15, -0.1) is 0 Å². The summed E-state index contributed by atoms with van der Waals surface area (Å²) in [5.74, 6) is 0.195. The molecule has 5 nitrogen and oxygen atoms in total. The molecule has 1 heterocycles. The predicted octanol–water partition coefficient (Wildman–Crippen LogP) is 2.18. The number of alkyl halides is 3. The molecule has 0 radical (unpaired) electrons. The lowest BCUT2D eigenvalue weighted by Crippen LogP contribution is -2.41. The van der Waals surface area contributed by atoms with Gasteiger partial charge in [0, 0.05) is 13.0 Å². The lowest BCUT2D eigenvalue weighted by molar-refractivity contribution is -0.136. The van der Waals surface area contributed by atoms with Crippen molar-refractivity contribution in [1.82, 2.24) is 14.3 Å². The van der Waals surface area contributed by atoms with Gasteiger partial charge in [-0.25, -0.2) is 13.4 Å². The third-order valence-electron chi connectivity index (χ3n) is 2.48. The summed E-state index contributed by atoms with van der Waals surface area (Å²) in [6.07, 6.45) is -3.06. The van der Waals surface area contributed by atoms with Crippen molar-refractivity contribution in [2.24, 2.45) is 5.92 Å². The highest BCUT2D eigenvalue weighted by atomic mass is 32.2. The van der Waals surface area contributed by atoms with Gasteiger partial charge in [0.2, 0.25) is 0 Å². The molecule has 0 saturated carbocycles. The number of H-pyrrole nitrogens is 1. The molecule has 9 heteroatoms. The molecule has 0 aliphatic carbocycles. The molecule has 0 aliphatic heterocycles. The Morgan fingerprint density at radius 1 is 1.40 bits per heavy atom. The van der Waals surface area contributed by atoms with E-state index in [1.54, 1.807) is 20.8 Å². The fraction of sp³-hybridized carbons (Fsp3) is 0.727. The highest BCUT2D eigenvalue weighted by Gasteiger charge is 2.38. The maximum atomic E-state index is 12.5. The molecular weight excluding hydrogens is 295 g/mol. The van der Waals surface area contributed by atoms with Crippen LogP contribution in [0.4, 0.5) is 13.2 Å². The van der Waals surface area contributed by atoms with Crippen molar-refractivity contribution < 1.29 is 21.6 Å². The summed E-state index contributed by atoms with van der Waals surface area (Å²) in [5, 5.41) is -0.306. The molecule has 0 bridgehead atoms. The fourth-order valence-corrected chi connectivity index (χ4v) is 3.17. The van der Waals surface area contributed by atoms with Crippen molar-refractivity contribution in [1.29, 1.82) is 0 Å². The van der Waals surface area contributed by atoms with Crippen LogP contribution in [0.25, 0.3) is 0 Å². The smallest absolute Gasteiger partial charge is 0.332 e. The first-order valence-electron chi connectivity index (χ1n) is 6.17. The number of sulfonamides is 1. The van der Waals surface area contributed by atoms with Crippen molar-refractivity contribution in [2.45, 2.75) is 38.4 Å². The van der Waals surface area contributed by atoms with E-state index in [9.17, 15) is 21.6 Å². The molecule has 1 rings (SSSR count). The highest BCUT2D eigenvalue weighted by Crippen LogP contribution is 2.23. The lowest BCUT2D eigenvalue weighted by atomic mass is 10.2. The Morgan fingerprint density at radius 3 is 2.40 bits per heavy atom. The molecule has 20 heavy (non-hydrogen) atoms. The van der Waals surface area contributed by atoms with Gasteiger partial charge in [-0.3, -0.25) is 0 Å². The minimum absolute atomic E-state index is 0.206. The summed E-state index contributed by atoms with van der Waals surface area (Å²) in [6, 6.07) is 0. The third kappa shape index (κ3) is 4.48. The van der Waals surface area contributed by atoms with Gasteiger partial charge in [0.05, 0.1) is 6.20 Å². The number of hydrogen-bond acceptors (Lipinski definition) is 3. The number of imidazole rings is 1. The molecule has 0 fully saturated rings. The largest absolute Gasteiger partial charge is 0.402 e. The average Bonchev–Trinajstić information content (AvgIpc) is 2.74. The average molecular weight is 313 g/mol. The zero-order valence-electron chi connectivity index (χ0n) is 11.5. The topological polar surface area (TPSA) is 66.1 Å². The Balaban J connectivity index is 3.09. The Hall–Kier alpha value is -1.09. The van der Waals surface area contributed by atoms with Crippen LogP contribution in [0.1, 0.15) is 26.6 Å². The van der Waals surface area contributed by atoms with Gasteiger partial charge in [-0.2, -0.15) is 17.5 Å².